The second kappa shape index (κ2) is 9.66. The number of piperazine rings is 1. The lowest BCUT2D eigenvalue weighted by Crippen LogP contribution is -2.48. The van der Waals surface area contributed by atoms with E-state index in [0.717, 1.165) is 75.1 Å². The summed E-state index contributed by atoms with van der Waals surface area (Å²) in [6.45, 7) is 13.1. The van der Waals surface area contributed by atoms with Crippen LogP contribution in [-0.2, 0) is 0 Å². The average molecular weight is 422 g/mol. The van der Waals surface area contributed by atoms with Gasteiger partial charge in [0.05, 0.1) is 11.9 Å². The minimum absolute atomic E-state index is 0.933. The number of nitrogens with zero attached hydrogens (tertiary/aromatic N) is 7. The number of likely N-dealkylation sites (N-methyl/N-ethyl adjacent to an activating group) is 1. The summed E-state index contributed by atoms with van der Waals surface area (Å²) < 4.78 is 2.18. The smallest absolute Gasteiger partial charge is 0.180 e. The number of hydrogen-bond acceptors (Lipinski definition) is 6. The van der Waals surface area contributed by atoms with E-state index in [4.69, 9.17) is 4.98 Å². The fourth-order valence-corrected chi connectivity index (χ4v) is 4.41. The zero-order valence-electron chi connectivity index (χ0n) is 19.3. The normalized spacial score (nSPS) is 15.2. The first-order valence-corrected chi connectivity index (χ1v) is 11.4. The van der Waals surface area contributed by atoms with Crippen molar-refractivity contribution >= 4 is 17.2 Å². The molecule has 7 nitrogen and oxygen atoms in total. The fourth-order valence-electron chi connectivity index (χ4n) is 4.41. The van der Waals surface area contributed by atoms with Gasteiger partial charge in [-0.15, -0.1) is 0 Å². The SMILES string of the molecule is CCN(CC)CCN1CCN(c2ncc(-c3ccccc3N(C)C)n3ccnc23)CC1. The molecule has 0 radical (unpaired) electrons. The lowest BCUT2D eigenvalue weighted by molar-refractivity contribution is 0.206. The van der Waals surface area contributed by atoms with E-state index in [-0.39, 0.29) is 0 Å². The minimum atomic E-state index is 0.933. The van der Waals surface area contributed by atoms with Gasteiger partial charge in [-0.2, -0.15) is 0 Å². The molecular weight excluding hydrogens is 386 g/mol. The molecule has 0 spiro atoms. The van der Waals surface area contributed by atoms with Crippen LogP contribution < -0.4 is 9.80 Å². The quantitative estimate of drug-likeness (QED) is 0.557. The molecular formula is C24H35N7. The molecule has 1 fully saturated rings. The zero-order chi connectivity index (χ0) is 21.8. The molecule has 3 aromatic rings. The number of imidazole rings is 1. The van der Waals surface area contributed by atoms with Crippen LogP contribution in [0.4, 0.5) is 11.5 Å². The third kappa shape index (κ3) is 4.52. The molecule has 3 heterocycles. The lowest BCUT2D eigenvalue weighted by atomic mass is 10.1. The van der Waals surface area contributed by atoms with Crippen molar-refractivity contribution in [3.05, 3.63) is 42.9 Å². The molecule has 0 saturated carbocycles. The molecule has 0 bridgehead atoms. The van der Waals surface area contributed by atoms with Crippen molar-refractivity contribution in [3.63, 3.8) is 0 Å². The maximum atomic E-state index is 4.90. The number of rotatable bonds is 8. The van der Waals surface area contributed by atoms with Crippen molar-refractivity contribution in [1.29, 1.82) is 0 Å². The van der Waals surface area contributed by atoms with Gasteiger partial charge in [-0.1, -0.05) is 32.0 Å². The molecule has 1 aromatic carbocycles. The molecule has 0 atom stereocenters. The lowest BCUT2D eigenvalue weighted by Gasteiger charge is -2.36. The topological polar surface area (TPSA) is 43.2 Å². The van der Waals surface area contributed by atoms with Crippen molar-refractivity contribution in [3.8, 4) is 11.3 Å². The van der Waals surface area contributed by atoms with Gasteiger partial charge >= 0.3 is 0 Å². The fraction of sp³-hybridized carbons (Fsp3) is 0.500. The van der Waals surface area contributed by atoms with Crippen molar-refractivity contribution < 1.29 is 0 Å². The molecule has 4 rings (SSSR count). The molecule has 0 N–H and O–H groups in total. The monoisotopic (exact) mass is 421 g/mol. The molecule has 31 heavy (non-hydrogen) atoms. The van der Waals surface area contributed by atoms with Crippen LogP contribution in [0.2, 0.25) is 0 Å². The summed E-state index contributed by atoms with van der Waals surface area (Å²) in [6.07, 6.45) is 5.92. The Hall–Kier alpha value is -2.64. The summed E-state index contributed by atoms with van der Waals surface area (Å²) in [5.41, 5.74) is 4.34. The van der Waals surface area contributed by atoms with Crippen LogP contribution in [0, 0.1) is 0 Å². The van der Waals surface area contributed by atoms with Crippen molar-refractivity contribution in [2.45, 2.75) is 13.8 Å². The third-order valence-electron chi connectivity index (χ3n) is 6.37. The van der Waals surface area contributed by atoms with Crippen molar-refractivity contribution in [1.82, 2.24) is 24.2 Å². The van der Waals surface area contributed by atoms with Gasteiger partial charge < -0.3 is 14.7 Å². The van der Waals surface area contributed by atoms with E-state index in [2.05, 4.69) is 81.2 Å². The Balaban J connectivity index is 1.53. The Morgan fingerprint density at radius 3 is 2.42 bits per heavy atom. The van der Waals surface area contributed by atoms with Crippen LogP contribution in [0.5, 0.6) is 0 Å². The highest BCUT2D eigenvalue weighted by Gasteiger charge is 2.22. The van der Waals surface area contributed by atoms with E-state index in [0.29, 0.717) is 0 Å². The maximum absolute atomic E-state index is 4.90. The van der Waals surface area contributed by atoms with E-state index < -0.39 is 0 Å². The molecule has 0 aliphatic carbocycles. The average Bonchev–Trinajstić information content (AvgIpc) is 3.30. The van der Waals surface area contributed by atoms with Crippen LogP contribution in [0.15, 0.2) is 42.9 Å². The van der Waals surface area contributed by atoms with Crippen LogP contribution >= 0.6 is 0 Å². The van der Waals surface area contributed by atoms with Gasteiger partial charge in [0.15, 0.2) is 11.5 Å². The highest BCUT2D eigenvalue weighted by atomic mass is 15.3. The Morgan fingerprint density at radius 2 is 1.71 bits per heavy atom. The Labute approximate surface area is 185 Å². The van der Waals surface area contributed by atoms with Crippen LogP contribution in [0.3, 0.4) is 0 Å². The first kappa shape index (κ1) is 21.6. The van der Waals surface area contributed by atoms with Crippen molar-refractivity contribution in [2.24, 2.45) is 0 Å². The summed E-state index contributed by atoms with van der Waals surface area (Å²) in [5.74, 6) is 0.986. The molecule has 0 unspecified atom stereocenters. The standard InChI is InChI=1S/C24H35N7/c1-5-28(6-2)13-14-29-15-17-30(18-16-29)23-24-25-11-12-31(24)22(19-26-23)20-9-7-8-10-21(20)27(3)4/h7-12,19H,5-6,13-18H2,1-4H3. The zero-order valence-corrected chi connectivity index (χ0v) is 19.3. The summed E-state index contributed by atoms with van der Waals surface area (Å²) in [4.78, 5) is 19.2. The summed E-state index contributed by atoms with van der Waals surface area (Å²) in [7, 11) is 4.15. The molecule has 2 aromatic heterocycles. The van der Waals surface area contributed by atoms with Gasteiger partial charge in [0.2, 0.25) is 0 Å². The van der Waals surface area contributed by atoms with Gasteiger partial charge in [-0.05, 0) is 19.2 Å². The third-order valence-corrected chi connectivity index (χ3v) is 6.37. The van der Waals surface area contributed by atoms with E-state index in [9.17, 15) is 0 Å². The highest BCUT2D eigenvalue weighted by molar-refractivity contribution is 5.79. The number of para-hydroxylation sites is 1. The van der Waals surface area contributed by atoms with E-state index in [1.807, 2.05) is 18.6 Å². The van der Waals surface area contributed by atoms with Gasteiger partial charge in [-0.3, -0.25) is 9.30 Å². The molecule has 1 aliphatic heterocycles. The second-order valence-corrected chi connectivity index (χ2v) is 8.36. The van der Waals surface area contributed by atoms with Gasteiger partial charge in [0, 0.05) is 77.0 Å². The van der Waals surface area contributed by atoms with Gasteiger partial charge in [0.25, 0.3) is 0 Å². The van der Waals surface area contributed by atoms with Crippen LogP contribution in [-0.4, -0.2) is 90.6 Å². The predicted octanol–water partition coefficient (Wildman–Crippen LogP) is 2.93. The Morgan fingerprint density at radius 1 is 0.968 bits per heavy atom. The van der Waals surface area contributed by atoms with Gasteiger partial charge in [0.1, 0.15) is 0 Å². The molecule has 166 valence electrons. The highest BCUT2D eigenvalue weighted by Crippen LogP contribution is 2.31. The summed E-state index contributed by atoms with van der Waals surface area (Å²) in [6, 6.07) is 8.45. The first-order chi connectivity index (χ1) is 15.1. The molecule has 1 aliphatic rings. The van der Waals surface area contributed by atoms with E-state index >= 15 is 0 Å². The number of benzene rings is 1. The minimum Gasteiger partial charge on any atom is -0.377 e. The largest absolute Gasteiger partial charge is 0.377 e. The predicted molar refractivity (Wildman–Crippen MR) is 129 cm³/mol. The Bertz CT molecular complexity index is 985. The summed E-state index contributed by atoms with van der Waals surface area (Å²) in [5, 5.41) is 0. The number of hydrogen-bond donors (Lipinski definition) is 0. The number of aromatic nitrogens is 3. The Kier molecular flexibility index (Phi) is 6.73. The molecule has 1 saturated heterocycles. The molecule has 0 amide bonds. The van der Waals surface area contributed by atoms with Crippen LogP contribution in [0.1, 0.15) is 13.8 Å². The van der Waals surface area contributed by atoms with E-state index in [1.165, 1.54) is 5.69 Å². The second-order valence-electron chi connectivity index (χ2n) is 8.36. The van der Waals surface area contributed by atoms with Crippen LogP contribution in [0.25, 0.3) is 16.9 Å². The molecule has 7 heteroatoms. The maximum Gasteiger partial charge on any atom is 0.180 e. The first-order valence-electron chi connectivity index (χ1n) is 11.4. The van der Waals surface area contributed by atoms with Gasteiger partial charge in [-0.25, -0.2) is 9.97 Å². The van der Waals surface area contributed by atoms with E-state index in [1.54, 1.807) is 0 Å². The van der Waals surface area contributed by atoms with Crippen molar-refractivity contribution in [2.75, 3.05) is 76.3 Å². The summed E-state index contributed by atoms with van der Waals surface area (Å²) >= 11 is 0. The number of anilines is 2. The number of fused-ring (bicyclic) bond motifs is 1.